The maximum atomic E-state index is 14.1. The lowest BCUT2D eigenvalue weighted by atomic mass is 10.0. The lowest BCUT2D eigenvalue weighted by molar-refractivity contribution is -0.384. The summed E-state index contributed by atoms with van der Waals surface area (Å²) in [6.07, 6.45) is 3.40. The maximum Gasteiger partial charge on any atom is 0.311 e. The van der Waals surface area contributed by atoms with Crippen LogP contribution in [-0.2, 0) is 0 Å². The number of nitro groups is 1. The quantitative estimate of drug-likeness (QED) is 0.550. The van der Waals surface area contributed by atoms with Gasteiger partial charge < -0.3 is 15.9 Å². The van der Waals surface area contributed by atoms with Crippen LogP contribution >= 0.6 is 0 Å². The summed E-state index contributed by atoms with van der Waals surface area (Å²) >= 11 is 0. The SMILES string of the molecule is Nc1cc(-c2cc([N+](=O)[O-])c(N)nc2-c2cnco2)c(F)cn1. The molecule has 3 heterocycles. The molecule has 0 unspecified atom stereocenters. The minimum atomic E-state index is -0.721. The second-order valence-electron chi connectivity index (χ2n) is 4.50. The molecule has 0 atom stereocenters. The first-order valence-electron chi connectivity index (χ1n) is 6.22. The predicted octanol–water partition coefficient (Wildman–Crippen LogP) is 2.01. The van der Waals surface area contributed by atoms with Gasteiger partial charge in [0.25, 0.3) is 0 Å². The summed E-state index contributed by atoms with van der Waals surface area (Å²) in [6.45, 7) is 0. The van der Waals surface area contributed by atoms with E-state index in [1.807, 2.05) is 0 Å². The minimum absolute atomic E-state index is 0.0144. The molecule has 23 heavy (non-hydrogen) atoms. The molecule has 0 aromatic carbocycles. The normalized spacial score (nSPS) is 10.7. The largest absolute Gasteiger partial charge is 0.442 e. The third-order valence-corrected chi connectivity index (χ3v) is 3.06. The van der Waals surface area contributed by atoms with Gasteiger partial charge in [-0.3, -0.25) is 10.1 Å². The fourth-order valence-electron chi connectivity index (χ4n) is 2.05. The highest BCUT2D eigenvalue weighted by molar-refractivity contribution is 5.83. The van der Waals surface area contributed by atoms with Gasteiger partial charge >= 0.3 is 5.69 Å². The lowest BCUT2D eigenvalue weighted by Gasteiger charge is -2.09. The highest BCUT2D eigenvalue weighted by atomic mass is 19.1. The maximum absolute atomic E-state index is 14.1. The number of hydrogen-bond acceptors (Lipinski definition) is 8. The number of nitrogens with zero attached hydrogens (tertiary/aromatic N) is 4. The van der Waals surface area contributed by atoms with Gasteiger partial charge in [0.05, 0.1) is 17.3 Å². The molecule has 3 aromatic heterocycles. The molecule has 0 aliphatic carbocycles. The molecule has 0 saturated heterocycles. The Hall–Kier alpha value is -3.56. The molecule has 0 aliphatic rings. The number of oxazole rings is 1. The minimum Gasteiger partial charge on any atom is -0.442 e. The van der Waals surface area contributed by atoms with E-state index in [1.165, 1.54) is 12.3 Å². The summed E-state index contributed by atoms with van der Waals surface area (Å²) in [5.41, 5.74) is 10.9. The lowest BCUT2D eigenvalue weighted by Crippen LogP contribution is -2.03. The molecule has 9 nitrogen and oxygen atoms in total. The van der Waals surface area contributed by atoms with Gasteiger partial charge in [-0.1, -0.05) is 0 Å². The molecule has 0 radical (unpaired) electrons. The van der Waals surface area contributed by atoms with Crippen molar-refractivity contribution in [3.8, 4) is 22.6 Å². The Morgan fingerprint density at radius 3 is 2.65 bits per heavy atom. The summed E-state index contributed by atoms with van der Waals surface area (Å²) in [5, 5.41) is 11.1. The van der Waals surface area contributed by atoms with Crippen molar-refractivity contribution in [3.63, 3.8) is 0 Å². The van der Waals surface area contributed by atoms with E-state index in [2.05, 4.69) is 15.0 Å². The van der Waals surface area contributed by atoms with Crippen molar-refractivity contribution in [3.05, 3.63) is 46.9 Å². The zero-order chi connectivity index (χ0) is 16.6. The van der Waals surface area contributed by atoms with Crippen LogP contribution in [0.5, 0.6) is 0 Å². The molecular weight excluding hydrogens is 307 g/mol. The van der Waals surface area contributed by atoms with E-state index < -0.39 is 16.4 Å². The van der Waals surface area contributed by atoms with Crippen molar-refractivity contribution in [1.29, 1.82) is 0 Å². The first-order valence-corrected chi connectivity index (χ1v) is 6.22. The molecular formula is C13H9FN6O3. The smallest absolute Gasteiger partial charge is 0.311 e. The Morgan fingerprint density at radius 2 is 2.00 bits per heavy atom. The fraction of sp³-hybridized carbons (Fsp3) is 0. The number of nitrogens with two attached hydrogens (primary N) is 2. The van der Waals surface area contributed by atoms with Crippen LogP contribution in [-0.4, -0.2) is 19.9 Å². The van der Waals surface area contributed by atoms with E-state index in [1.54, 1.807) is 0 Å². The predicted molar refractivity (Wildman–Crippen MR) is 78.4 cm³/mol. The highest BCUT2D eigenvalue weighted by Crippen LogP contribution is 2.37. The number of halogens is 1. The zero-order valence-electron chi connectivity index (χ0n) is 11.4. The molecule has 0 aliphatic heterocycles. The van der Waals surface area contributed by atoms with E-state index >= 15 is 0 Å². The van der Waals surface area contributed by atoms with E-state index in [0.29, 0.717) is 0 Å². The van der Waals surface area contributed by atoms with Crippen molar-refractivity contribution in [2.24, 2.45) is 0 Å². The van der Waals surface area contributed by atoms with Crippen LogP contribution in [0.15, 0.2) is 35.3 Å². The van der Waals surface area contributed by atoms with Crippen LogP contribution in [0.25, 0.3) is 22.6 Å². The van der Waals surface area contributed by atoms with Crippen molar-refractivity contribution in [1.82, 2.24) is 15.0 Å². The van der Waals surface area contributed by atoms with Crippen LogP contribution in [0.4, 0.5) is 21.7 Å². The average molecular weight is 316 g/mol. The van der Waals surface area contributed by atoms with E-state index in [9.17, 15) is 14.5 Å². The van der Waals surface area contributed by atoms with Crippen LogP contribution in [0.2, 0.25) is 0 Å². The molecule has 3 rings (SSSR count). The fourth-order valence-corrected chi connectivity index (χ4v) is 2.05. The van der Waals surface area contributed by atoms with Crippen molar-refractivity contribution >= 4 is 17.3 Å². The summed E-state index contributed by atoms with van der Waals surface area (Å²) in [4.78, 5) is 21.7. The average Bonchev–Trinajstić information content (AvgIpc) is 3.03. The molecule has 0 spiro atoms. The van der Waals surface area contributed by atoms with Gasteiger partial charge in [-0.15, -0.1) is 0 Å². The van der Waals surface area contributed by atoms with Crippen molar-refractivity contribution in [2.75, 3.05) is 11.5 Å². The third-order valence-electron chi connectivity index (χ3n) is 3.06. The van der Waals surface area contributed by atoms with Crippen molar-refractivity contribution in [2.45, 2.75) is 0 Å². The number of anilines is 2. The summed E-state index contributed by atoms with van der Waals surface area (Å²) in [6, 6.07) is 2.35. The Balaban J connectivity index is 2.34. The summed E-state index contributed by atoms with van der Waals surface area (Å²) < 4.78 is 19.3. The molecule has 0 fully saturated rings. The van der Waals surface area contributed by atoms with Gasteiger partial charge in [0.15, 0.2) is 12.2 Å². The molecule has 4 N–H and O–H groups in total. The molecule has 0 bridgehead atoms. The van der Waals surface area contributed by atoms with Gasteiger partial charge in [0.2, 0.25) is 5.82 Å². The third kappa shape index (κ3) is 2.52. The number of hydrogen-bond donors (Lipinski definition) is 2. The van der Waals surface area contributed by atoms with Gasteiger partial charge in [-0.05, 0) is 6.07 Å². The Bertz CT molecular complexity index is 897. The first-order chi connectivity index (χ1) is 11.0. The van der Waals surface area contributed by atoms with E-state index in [-0.39, 0.29) is 34.2 Å². The van der Waals surface area contributed by atoms with Gasteiger partial charge in [-0.2, -0.15) is 0 Å². The molecule has 0 amide bonds. The molecule has 0 saturated carbocycles. The van der Waals surface area contributed by atoms with Crippen LogP contribution in [0.1, 0.15) is 0 Å². The number of pyridine rings is 2. The first kappa shape index (κ1) is 14.4. The Kier molecular flexibility index (Phi) is 3.33. The van der Waals surface area contributed by atoms with Crippen LogP contribution in [0.3, 0.4) is 0 Å². The number of rotatable bonds is 3. The Labute approximate surface area is 127 Å². The van der Waals surface area contributed by atoms with Gasteiger partial charge in [0, 0.05) is 17.2 Å². The molecule has 10 heteroatoms. The molecule has 116 valence electrons. The number of nitrogen functional groups attached to an aromatic ring is 2. The standard InChI is InChI=1S/C13H9FN6O3/c14-8-3-18-11(15)2-6(8)7-1-9(20(21)22)13(16)19-12(7)10-4-17-5-23-10/h1-5H,(H2,15,18)(H2,16,19). The zero-order valence-corrected chi connectivity index (χ0v) is 11.4. The monoisotopic (exact) mass is 316 g/mol. The van der Waals surface area contributed by atoms with E-state index in [4.69, 9.17) is 15.9 Å². The number of aromatic nitrogens is 3. The van der Waals surface area contributed by atoms with Crippen LogP contribution in [0, 0.1) is 15.9 Å². The second kappa shape index (κ2) is 5.33. The Morgan fingerprint density at radius 1 is 1.22 bits per heavy atom. The van der Waals surface area contributed by atoms with Gasteiger partial charge in [0.1, 0.15) is 17.3 Å². The second-order valence-corrected chi connectivity index (χ2v) is 4.50. The van der Waals surface area contributed by atoms with Crippen LogP contribution < -0.4 is 11.5 Å². The highest BCUT2D eigenvalue weighted by Gasteiger charge is 2.23. The summed E-state index contributed by atoms with van der Waals surface area (Å²) in [5.74, 6) is -0.825. The topological polar surface area (TPSA) is 147 Å². The van der Waals surface area contributed by atoms with Crippen molar-refractivity contribution < 1.29 is 13.7 Å². The molecule has 3 aromatic rings. The summed E-state index contributed by atoms with van der Waals surface area (Å²) in [7, 11) is 0. The van der Waals surface area contributed by atoms with E-state index in [0.717, 1.165) is 18.7 Å². The van der Waals surface area contributed by atoms with Gasteiger partial charge in [-0.25, -0.2) is 19.3 Å².